The highest BCUT2D eigenvalue weighted by molar-refractivity contribution is 5.95. The van der Waals surface area contributed by atoms with Crippen LogP contribution in [0.4, 0.5) is 5.69 Å². The van der Waals surface area contributed by atoms with Crippen LogP contribution in [0.1, 0.15) is 35.6 Å². The molecule has 0 atom stereocenters. The summed E-state index contributed by atoms with van der Waals surface area (Å²) in [6, 6.07) is 9.75. The number of nitrogens with zero attached hydrogens (tertiary/aromatic N) is 4. The van der Waals surface area contributed by atoms with Gasteiger partial charge in [0.15, 0.2) is 0 Å². The zero-order valence-corrected chi connectivity index (χ0v) is 16.2. The fourth-order valence-corrected chi connectivity index (χ4v) is 3.34. The number of hydrogen-bond acceptors (Lipinski definition) is 4. The van der Waals surface area contributed by atoms with E-state index in [1.54, 1.807) is 0 Å². The predicted octanol–water partition coefficient (Wildman–Crippen LogP) is 2.35. The maximum absolute atomic E-state index is 12.4. The highest BCUT2D eigenvalue weighted by Gasteiger charge is 2.19. The Morgan fingerprint density at radius 1 is 1.27 bits per heavy atom. The first-order chi connectivity index (χ1) is 12.4. The van der Waals surface area contributed by atoms with Crippen LogP contribution in [0.3, 0.4) is 0 Å². The van der Waals surface area contributed by atoms with Gasteiger partial charge in [-0.2, -0.15) is 5.10 Å². The molecule has 1 aliphatic heterocycles. The largest absolute Gasteiger partial charge is 0.378 e. The number of benzene rings is 1. The van der Waals surface area contributed by atoms with Crippen LogP contribution in [0.15, 0.2) is 30.3 Å². The number of aromatic nitrogens is 2. The van der Waals surface area contributed by atoms with Crippen LogP contribution in [-0.2, 0) is 19.6 Å². The van der Waals surface area contributed by atoms with E-state index >= 15 is 0 Å². The summed E-state index contributed by atoms with van der Waals surface area (Å²) in [5.41, 5.74) is 3.84. The molecule has 26 heavy (non-hydrogen) atoms. The van der Waals surface area contributed by atoms with Crippen molar-refractivity contribution in [3.8, 4) is 0 Å². The molecule has 140 valence electrons. The summed E-state index contributed by atoms with van der Waals surface area (Å²) in [6.45, 7) is 8.95. The monoisotopic (exact) mass is 355 g/mol. The molecule has 0 radical (unpaired) electrons. The van der Waals surface area contributed by atoms with Gasteiger partial charge in [-0.15, -0.1) is 0 Å². The summed E-state index contributed by atoms with van der Waals surface area (Å²) in [5.74, 6) is 0.599. The van der Waals surface area contributed by atoms with E-state index in [2.05, 4.69) is 39.9 Å². The zero-order valence-electron chi connectivity index (χ0n) is 16.2. The highest BCUT2D eigenvalue weighted by atomic mass is 16.1. The average Bonchev–Trinajstić information content (AvgIpc) is 3.01. The lowest BCUT2D eigenvalue weighted by atomic mass is 10.1. The van der Waals surface area contributed by atoms with Crippen LogP contribution in [0.5, 0.6) is 0 Å². The molecule has 0 spiro atoms. The third kappa shape index (κ3) is 4.43. The van der Waals surface area contributed by atoms with Crippen molar-refractivity contribution >= 4 is 11.6 Å². The molecular formula is C20H29N5O. The van der Waals surface area contributed by atoms with Crippen molar-refractivity contribution in [3.05, 3.63) is 47.3 Å². The topological polar surface area (TPSA) is 53.4 Å². The number of carbonyl (C=O) groups is 1. The SMILES string of the molecule is CC(C)CN1CCn2nc(CNC(=O)c3cccc(N(C)C)c3)cc2C1. The number of carbonyl (C=O) groups excluding carboxylic acids is 1. The molecule has 0 aliphatic carbocycles. The number of nitrogens with one attached hydrogen (secondary N) is 1. The Morgan fingerprint density at radius 3 is 2.81 bits per heavy atom. The number of amides is 1. The second kappa shape index (κ2) is 7.91. The predicted molar refractivity (Wildman–Crippen MR) is 104 cm³/mol. The third-order valence-electron chi connectivity index (χ3n) is 4.61. The molecule has 2 heterocycles. The Kier molecular flexibility index (Phi) is 5.61. The van der Waals surface area contributed by atoms with E-state index in [0.29, 0.717) is 18.0 Å². The molecule has 1 aliphatic rings. The van der Waals surface area contributed by atoms with Gasteiger partial charge < -0.3 is 10.2 Å². The molecule has 0 unspecified atom stereocenters. The standard InChI is InChI=1S/C20H29N5O/c1-15(2)13-24-8-9-25-19(14-24)11-17(22-25)12-21-20(26)16-6-5-7-18(10-16)23(3)4/h5-7,10-11,15H,8-9,12-14H2,1-4H3,(H,21,26). The lowest BCUT2D eigenvalue weighted by Crippen LogP contribution is -2.36. The van der Waals surface area contributed by atoms with Gasteiger partial charge in [-0.05, 0) is 30.2 Å². The molecule has 0 fully saturated rings. The summed E-state index contributed by atoms with van der Waals surface area (Å²) >= 11 is 0. The molecule has 6 heteroatoms. The summed E-state index contributed by atoms with van der Waals surface area (Å²) in [7, 11) is 3.93. The molecule has 3 rings (SSSR count). The summed E-state index contributed by atoms with van der Waals surface area (Å²) in [5, 5.41) is 7.63. The molecule has 0 saturated heterocycles. The minimum absolute atomic E-state index is 0.0684. The van der Waals surface area contributed by atoms with Gasteiger partial charge in [0.25, 0.3) is 5.91 Å². The number of hydrogen-bond donors (Lipinski definition) is 1. The van der Waals surface area contributed by atoms with Gasteiger partial charge in [-0.25, -0.2) is 0 Å². The minimum Gasteiger partial charge on any atom is -0.378 e. The van der Waals surface area contributed by atoms with Gasteiger partial charge in [-0.3, -0.25) is 14.4 Å². The fraction of sp³-hybridized carbons (Fsp3) is 0.500. The van der Waals surface area contributed by atoms with Crippen molar-refractivity contribution in [3.63, 3.8) is 0 Å². The van der Waals surface area contributed by atoms with Gasteiger partial charge in [0.1, 0.15) is 0 Å². The molecule has 0 saturated carbocycles. The second-order valence-electron chi connectivity index (χ2n) is 7.61. The van der Waals surface area contributed by atoms with Crippen LogP contribution in [0.2, 0.25) is 0 Å². The quantitative estimate of drug-likeness (QED) is 0.864. The van der Waals surface area contributed by atoms with Gasteiger partial charge >= 0.3 is 0 Å². The molecule has 1 amide bonds. The van der Waals surface area contributed by atoms with Crippen LogP contribution in [0, 0.1) is 5.92 Å². The van der Waals surface area contributed by atoms with E-state index in [9.17, 15) is 4.79 Å². The Labute approximate surface area is 155 Å². The van der Waals surface area contributed by atoms with E-state index in [1.165, 1.54) is 5.69 Å². The van der Waals surface area contributed by atoms with Crippen LogP contribution in [-0.4, -0.2) is 47.8 Å². The number of rotatable bonds is 6. The zero-order chi connectivity index (χ0) is 18.7. The molecular weight excluding hydrogens is 326 g/mol. The van der Waals surface area contributed by atoms with Crippen molar-refractivity contribution in [2.24, 2.45) is 5.92 Å². The van der Waals surface area contributed by atoms with Gasteiger partial charge in [-0.1, -0.05) is 19.9 Å². The lowest BCUT2D eigenvalue weighted by Gasteiger charge is -2.28. The van der Waals surface area contributed by atoms with Crippen LogP contribution >= 0.6 is 0 Å². The van der Waals surface area contributed by atoms with Crippen LogP contribution in [0.25, 0.3) is 0 Å². The van der Waals surface area contributed by atoms with Gasteiger partial charge in [0, 0.05) is 45.0 Å². The average molecular weight is 355 g/mol. The minimum atomic E-state index is -0.0684. The Hall–Kier alpha value is -2.34. The van der Waals surface area contributed by atoms with E-state index in [1.807, 2.05) is 43.3 Å². The molecule has 1 aromatic heterocycles. The first-order valence-corrected chi connectivity index (χ1v) is 9.26. The fourth-order valence-electron chi connectivity index (χ4n) is 3.34. The van der Waals surface area contributed by atoms with Gasteiger partial charge in [0.05, 0.1) is 24.5 Å². The third-order valence-corrected chi connectivity index (χ3v) is 4.61. The van der Waals surface area contributed by atoms with E-state index in [0.717, 1.165) is 37.6 Å². The molecule has 1 N–H and O–H groups in total. The van der Waals surface area contributed by atoms with E-state index in [-0.39, 0.29) is 5.91 Å². The van der Waals surface area contributed by atoms with E-state index in [4.69, 9.17) is 0 Å². The van der Waals surface area contributed by atoms with E-state index < -0.39 is 0 Å². The van der Waals surface area contributed by atoms with Crippen molar-refractivity contribution in [2.75, 3.05) is 32.1 Å². The van der Waals surface area contributed by atoms with Crippen molar-refractivity contribution < 1.29 is 4.79 Å². The van der Waals surface area contributed by atoms with Crippen molar-refractivity contribution in [1.82, 2.24) is 20.0 Å². The molecule has 2 aromatic rings. The molecule has 1 aromatic carbocycles. The molecule has 0 bridgehead atoms. The Bertz CT molecular complexity index is 765. The normalized spacial score (nSPS) is 14.3. The first-order valence-electron chi connectivity index (χ1n) is 9.26. The maximum Gasteiger partial charge on any atom is 0.251 e. The smallest absolute Gasteiger partial charge is 0.251 e. The van der Waals surface area contributed by atoms with Crippen molar-refractivity contribution in [2.45, 2.75) is 33.5 Å². The first kappa shape index (κ1) is 18.5. The molecule has 6 nitrogen and oxygen atoms in total. The maximum atomic E-state index is 12.4. The summed E-state index contributed by atoms with van der Waals surface area (Å²) in [4.78, 5) is 16.9. The Morgan fingerprint density at radius 2 is 2.08 bits per heavy atom. The lowest BCUT2D eigenvalue weighted by molar-refractivity contribution is 0.0950. The van der Waals surface area contributed by atoms with Gasteiger partial charge in [0.2, 0.25) is 0 Å². The van der Waals surface area contributed by atoms with Crippen molar-refractivity contribution in [1.29, 1.82) is 0 Å². The number of anilines is 1. The number of fused-ring (bicyclic) bond motifs is 1. The second-order valence-corrected chi connectivity index (χ2v) is 7.61. The van der Waals surface area contributed by atoms with Crippen LogP contribution < -0.4 is 10.2 Å². The Balaban J connectivity index is 1.60. The summed E-state index contributed by atoms with van der Waals surface area (Å²) < 4.78 is 2.07. The highest BCUT2D eigenvalue weighted by Crippen LogP contribution is 2.16. The summed E-state index contributed by atoms with van der Waals surface area (Å²) in [6.07, 6.45) is 0.